The third kappa shape index (κ3) is 4.43. The molecule has 0 spiro atoms. The number of anilines is 1. The summed E-state index contributed by atoms with van der Waals surface area (Å²) >= 11 is 1.44. The number of thiazole rings is 1. The number of carbonyl (C=O) groups excluding carboxylic acids is 2. The monoisotopic (exact) mass is 403 g/mol. The first-order chi connectivity index (χ1) is 14.1. The molecule has 5 nitrogen and oxygen atoms in total. The van der Waals surface area contributed by atoms with Gasteiger partial charge >= 0.3 is 0 Å². The van der Waals surface area contributed by atoms with Crippen LogP contribution in [-0.4, -0.2) is 23.3 Å². The van der Waals surface area contributed by atoms with Crippen LogP contribution in [0.1, 0.15) is 18.1 Å². The molecule has 0 atom stereocenters. The Hall–Kier alpha value is -3.25. The summed E-state index contributed by atoms with van der Waals surface area (Å²) < 4.78 is 1.04. The van der Waals surface area contributed by atoms with Crippen LogP contribution in [-0.2, 0) is 22.4 Å². The zero-order valence-electron chi connectivity index (χ0n) is 16.1. The second-order valence-electron chi connectivity index (χ2n) is 6.81. The summed E-state index contributed by atoms with van der Waals surface area (Å²) in [7, 11) is 0. The fourth-order valence-corrected chi connectivity index (χ4v) is 4.21. The maximum atomic E-state index is 12.3. The molecular formula is C23H21N3O2S. The molecule has 2 N–H and O–H groups in total. The van der Waals surface area contributed by atoms with E-state index in [1.807, 2.05) is 54.6 Å². The van der Waals surface area contributed by atoms with E-state index in [2.05, 4.69) is 28.6 Å². The molecule has 4 aromatic rings. The van der Waals surface area contributed by atoms with Crippen LogP contribution in [0.15, 0.2) is 60.7 Å². The molecule has 146 valence electrons. The molecule has 6 heteroatoms. The normalized spacial score (nSPS) is 10.9. The molecule has 2 amide bonds. The van der Waals surface area contributed by atoms with Gasteiger partial charge < -0.3 is 10.6 Å². The van der Waals surface area contributed by atoms with Crippen molar-refractivity contribution in [1.29, 1.82) is 0 Å². The molecule has 4 rings (SSSR count). The van der Waals surface area contributed by atoms with Gasteiger partial charge in [-0.05, 0) is 40.5 Å². The lowest BCUT2D eigenvalue weighted by Gasteiger charge is -2.08. The van der Waals surface area contributed by atoms with Gasteiger partial charge in [-0.2, -0.15) is 0 Å². The zero-order chi connectivity index (χ0) is 20.2. The summed E-state index contributed by atoms with van der Waals surface area (Å²) in [5.41, 5.74) is 3.04. The second-order valence-corrected chi connectivity index (χ2v) is 7.85. The molecule has 1 aromatic heterocycles. The van der Waals surface area contributed by atoms with Crippen LogP contribution in [0.5, 0.6) is 0 Å². The van der Waals surface area contributed by atoms with Crippen LogP contribution in [0.4, 0.5) is 5.13 Å². The van der Waals surface area contributed by atoms with Crippen molar-refractivity contribution in [3.8, 4) is 0 Å². The number of hydrogen-bond acceptors (Lipinski definition) is 4. The smallest absolute Gasteiger partial charge is 0.245 e. The minimum Gasteiger partial charge on any atom is -0.347 e. The van der Waals surface area contributed by atoms with E-state index in [1.54, 1.807) is 0 Å². The standard InChI is InChI=1S/C23H21N3O2S/c1-2-15-10-11-19-20(12-15)29-23(25-19)26-22(28)14-24-21(27)13-17-8-5-7-16-6-3-4-9-18(16)17/h3-12H,2,13-14H2,1H3,(H,24,27)(H,25,26,28). The van der Waals surface area contributed by atoms with E-state index in [1.165, 1.54) is 16.9 Å². The number of rotatable bonds is 6. The van der Waals surface area contributed by atoms with Crippen LogP contribution in [0, 0.1) is 0 Å². The lowest BCUT2D eigenvalue weighted by Crippen LogP contribution is -2.33. The first-order valence-electron chi connectivity index (χ1n) is 9.55. The molecule has 0 saturated heterocycles. The quantitative estimate of drug-likeness (QED) is 0.504. The minimum atomic E-state index is -0.286. The van der Waals surface area contributed by atoms with Gasteiger partial charge in [0.25, 0.3) is 0 Å². The van der Waals surface area contributed by atoms with Crippen LogP contribution >= 0.6 is 11.3 Å². The lowest BCUT2D eigenvalue weighted by molar-refractivity contribution is -0.123. The maximum Gasteiger partial charge on any atom is 0.245 e. The van der Waals surface area contributed by atoms with Crippen molar-refractivity contribution in [2.45, 2.75) is 19.8 Å². The number of aromatic nitrogens is 1. The number of fused-ring (bicyclic) bond motifs is 2. The van der Waals surface area contributed by atoms with Crippen molar-refractivity contribution in [3.05, 3.63) is 71.8 Å². The van der Waals surface area contributed by atoms with Crippen molar-refractivity contribution in [2.75, 3.05) is 11.9 Å². The van der Waals surface area contributed by atoms with Gasteiger partial charge in [0.15, 0.2) is 5.13 Å². The van der Waals surface area contributed by atoms with Crippen LogP contribution in [0.2, 0.25) is 0 Å². The summed E-state index contributed by atoms with van der Waals surface area (Å²) in [5.74, 6) is -0.473. The van der Waals surface area contributed by atoms with Crippen LogP contribution < -0.4 is 10.6 Å². The first kappa shape index (κ1) is 19.1. The van der Waals surface area contributed by atoms with E-state index >= 15 is 0 Å². The van der Waals surface area contributed by atoms with E-state index in [-0.39, 0.29) is 24.8 Å². The Morgan fingerprint density at radius 1 is 1.00 bits per heavy atom. The summed E-state index contributed by atoms with van der Waals surface area (Å²) in [5, 5.41) is 8.15. The summed E-state index contributed by atoms with van der Waals surface area (Å²) in [6.07, 6.45) is 1.19. The van der Waals surface area contributed by atoms with Crippen molar-refractivity contribution in [2.24, 2.45) is 0 Å². The first-order valence-corrected chi connectivity index (χ1v) is 10.4. The Kier molecular flexibility index (Phi) is 5.53. The number of amides is 2. The highest BCUT2D eigenvalue weighted by Gasteiger charge is 2.11. The number of aryl methyl sites for hydroxylation is 1. The third-order valence-corrected chi connectivity index (χ3v) is 5.72. The van der Waals surface area contributed by atoms with E-state index < -0.39 is 0 Å². The lowest BCUT2D eigenvalue weighted by atomic mass is 10.0. The summed E-state index contributed by atoms with van der Waals surface area (Å²) in [6.45, 7) is 2.02. The highest BCUT2D eigenvalue weighted by Crippen LogP contribution is 2.27. The zero-order valence-corrected chi connectivity index (χ0v) is 16.9. The largest absolute Gasteiger partial charge is 0.347 e. The van der Waals surface area contributed by atoms with E-state index in [9.17, 15) is 9.59 Å². The Morgan fingerprint density at radius 2 is 1.83 bits per heavy atom. The number of hydrogen-bond donors (Lipinski definition) is 2. The average molecular weight is 404 g/mol. The Morgan fingerprint density at radius 3 is 2.69 bits per heavy atom. The highest BCUT2D eigenvalue weighted by molar-refractivity contribution is 7.22. The number of nitrogens with one attached hydrogen (secondary N) is 2. The molecule has 1 heterocycles. The van der Waals surface area contributed by atoms with Crippen molar-refractivity contribution < 1.29 is 9.59 Å². The average Bonchev–Trinajstić information content (AvgIpc) is 3.13. The van der Waals surface area contributed by atoms with Crippen molar-refractivity contribution >= 4 is 49.3 Å². The second kappa shape index (κ2) is 8.41. The SMILES string of the molecule is CCc1ccc2nc(NC(=O)CNC(=O)Cc3cccc4ccccc34)sc2c1. The molecule has 3 aromatic carbocycles. The van der Waals surface area contributed by atoms with Crippen molar-refractivity contribution in [1.82, 2.24) is 10.3 Å². The topological polar surface area (TPSA) is 71.1 Å². The molecule has 0 radical (unpaired) electrons. The fourth-order valence-electron chi connectivity index (χ4n) is 3.27. The van der Waals surface area contributed by atoms with Gasteiger partial charge in [0.2, 0.25) is 11.8 Å². The maximum absolute atomic E-state index is 12.3. The van der Waals surface area contributed by atoms with Crippen LogP contribution in [0.3, 0.4) is 0 Å². The molecule has 0 saturated carbocycles. The molecule has 0 aliphatic carbocycles. The van der Waals surface area contributed by atoms with Gasteiger partial charge in [-0.1, -0.05) is 66.8 Å². The van der Waals surface area contributed by atoms with E-state index in [0.29, 0.717) is 5.13 Å². The molecule has 0 bridgehead atoms. The summed E-state index contributed by atoms with van der Waals surface area (Å²) in [6, 6.07) is 19.9. The van der Waals surface area contributed by atoms with E-state index in [4.69, 9.17) is 0 Å². The number of carbonyl (C=O) groups is 2. The predicted octanol–water partition coefficient (Wildman–Crippen LogP) is 4.31. The van der Waals surface area contributed by atoms with Crippen LogP contribution in [0.25, 0.3) is 21.0 Å². The van der Waals surface area contributed by atoms with Gasteiger partial charge in [0.1, 0.15) is 0 Å². The number of nitrogens with zero attached hydrogens (tertiary/aromatic N) is 1. The molecule has 0 unspecified atom stereocenters. The Bertz CT molecular complexity index is 1190. The van der Waals surface area contributed by atoms with Crippen molar-refractivity contribution in [3.63, 3.8) is 0 Å². The molecular weight excluding hydrogens is 382 g/mol. The van der Waals surface area contributed by atoms with Gasteiger partial charge in [0.05, 0.1) is 23.2 Å². The van der Waals surface area contributed by atoms with Gasteiger partial charge in [-0.15, -0.1) is 0 Å². The molecule has 0 fully saturated rings. The molecule has 29 heavy (non-hydrogen) atoms. The summed E-state index contributed by atoms with van der Waals surface area (Å²) in [4.78, 5) is 29.0. The Balaban J connectivity index is 1.35. The van der Waals surface area contributed by atoms with Gasteiger partial charge in [-0.3, -0.25) is 9.59 Å². The third-order valence-electron chi connectivity index (χ3n) is 4.78. The Labute approximate surface area is 172 Å². The van der Waals surface area contributed by atoms with Gasteiger partial charge in [-0.25, -0.2) is 4.98 Å². The molecule has 0 aliphatic heterocycles. The highest BCUT2D eigenvalue weighted by atomic mass is 32.1. The minimum absolute atomic E-state index is 0.0836. The fraction of sp³-hybridized carbons (Fsp3) is 0.174. The predicted molar refractivity (Wildman–Crippen MR) is 118 cm³/mol. The number of benzene rings is 3. The molecule has 0 aliphatic rings. The van der Waals surface area contributed by atoms with E-state index in [0.717, 1.165) is 33.0 Å². The van der Waals surface area contributed by atoms with Gasteiger partial charge in [0, 0.05) is 0 Å².